The van der Waals surface area contributed by atoms with Crippen LogP contribution in [-0.4, -0.2) is 23.5 Å². The van der Waals surface area contributed by atoms with Crippen molar-refractivity contribution in [1.29, 1.82) is 5.26 Å². The normalized spacial score (nSPS) is 9.60. The van der Waals surface area contributed by atoms with Crippen LogP contribution in [0.5, 0.6) is 0 Å². The van der Waals surface area contributed by atoms with Crippen LogP contribution in [0.3, 0.4) is 0 Å². The lowest BCUT2D eigenvalue weighted by Crippen LogP contribution is -2.04. The second-order valence-corrected chi connectivity index (χ2v) is 4.12. The van der Waals surface area contributed by atoms with Crippen molar-refractivity contribution in [2.75, 3.05) is 23.9 Å². The maximum absolute atomic E-state index is 8.80. The number of unbranched alkanes of at least 4 members (excludes halogenated alkanes) is 1. The van der Waals surface area contributed by atoms with Gasteiger partial charge in [0.25, 0.3) is 0 Å². The van der Waals surface area contributed by atoms with E-state index in [0.717, 1.165) is 18.7 Å². The summed E-state index contributed by atoms with van der Waals surface area (Å²) in [4.78, 5) is 3.98. The zero-order valence-electron chi connectivity index (χ0n) is 8.86. The van der Waals surface area contributed by atoms with Gasteiger partial charge in [-0.1, -0.05) is 0 Å². The van der Waals surface area contributed by atoms with Crippen molar-refractivity contribution in [3.8, 4) is 6.07 Å². The van der Waals surface area contributed by atoms with E-state index >= 15 is 0 Å². The molecule has 1 aromatic heterocycles. The van der Waals surface area contributed by atoms with Crippen molar-refractivity contribution >= 4 is 17.4 Å². The van der Waals surface area contributed by atoms with E-state index < -0.39 is 0 Å². The molecule has 1 N–H and O–H groups in total. The summed E-state index contributed by atoms with van der Waals surface area (Å²) in [6.45, 7) is 0.904. The van der Waals surface area contributed by atoms with Gasteiger partial charge in [-0.05, 0) is 37.0 Å². The van der Waals surface area contributed by atoms with Crippen molar-refractivity contribution in [3.05, 3.63) is 24.0 Å². The Labute approximate surface area is 94.9 Å². The molecule has 80 valence electrons. The highest BCUT2D eigenvalue weighted by molar-refractivity contribution is 7.98. The molecule has 0 bridgehead atoms. The fourth-order valence-corrected chi connectivity index (χ4v) is 1.72. The van der Waals surface area contributed by atoms with Crippen molar-refractivity contribution in [3.63, 3.8) is 0 Å². The SMILES string of the molecule is CSCCCCNc1cccnc1C#N. The Bertz CT molecular complexity index is 333. The van der Waals surface area contributed by atoms with Crippen molar-refractivity contribution in [2.24, 2.45) is 0 Å². The Morgan fingerprint density at radius 2 is 2.40 bits per heavy atom. The smallest absolute Gasteiger partial charge is 0.163 e. The van der Waals surface area contributed by atoms with Gasteiger partial charge in [-0.2, -0.15) is 17.0 Å². The fourth-order valence-electron chi connectivity index (χ4n) is 1.23. The van der Waals surface area contributed by atoms with Crippen LogP contribution in [0.2, 0.25) is 0 Å². The summed E-state index contributed by atoms with van der Waals surface area (Å²) in [6.07, 6.45) is 6.08. The fraction of sp³-hybridized carbons (Fsp3) is 0.455. The third kappa shape index (κ3) is 4.22. The zero-order chi connectivity index (χ0) is 10.9. The van der Waals surface area contributed by atoms with Gasteiger partial charge in [0.2, 0.25) is 0 Å². The van der Waals surface area contributed by atoms with Crippen LogP contribution in [0.4, 0.5) is 5.69 Å². The standard InChI is InChI=1S/C11H15N3S/c1-15-8-3-2-6-13-10-5-4-7-14-11(10)9-12/h4-5,7,13H,2-3,6,8H2,1H3. The molecule has 1 rings (SSSR count). The van der Waals surface area contributed by atoms with Crippen LogP contribution in [0.1, 0.15) is 18.5 Å². The first-order valence-corrected chi connectivity index (χ1v) is 6.36. The quantitative estimate of drug-likeness (QED) is 0.750. The van der Waals surface area contributed by atoms with Crippen LogP contribution < -0.4 is 5.32 Å². The third-order valence-electron chi connectivity index (χ3n) is 2.00. The van der Waals surface area contributed by atoms with E-state index in [4.69, 9.17) is 5.26 Å². The molecule has 0 saturated carbocycles. The van der Waals surface area contributed by atoms with E-state index in [9.17, 15) is 0 Å². The molecule has 0 radical (unpaired) electrons. The Hall–Kier alpha value is -1.21. The van der Waals surface area contributed by atoms with Crippen LogP contribution in [0.25, 0.3) is 0 Å². The highest BCUT2D eigenvalue weighted by Gasteiger charge is 1.99. The molecule has 0 aliphatic rings. The monoisotopic (exact) mass is 221 g/mol. The molecule has 1 aromatic rings. The Kier molecular flexibility index (Phi) is 5.64. The van der Waals surface area contributed by atoms with Gasteiger partial charge in [0.15, 0.2) is 5.69 Å². The highest BCUT2D eigenvalue weighted by Crippen LogP contribution is 2.10. The van der Waals surface area contributed by atoms with Gasteiger partial charge in [-0.15, -0.1) is 0 Å². The number of nitrogens with one attached hydrogen (secondary N) is 1. The molecule has 4 heteroatoms. The average Bonchev–Trinajstić information content (AvgIpc) is 2.29. The van der Waals surface area contributed by atoms with E-state index in [-0.39, 0.29) is 0 Å². The first kappa shape index (κ1) is 11.9. The Morgan fingerprint density at radius 3 is 3.13 bits per heavy atom. The van der Waals surface area contributed by atoms with Crippen molar-refractivity contribution in [1.82, 2.24) is 4.98 Å². The van der Waals surface area contributed by atoms with Crippen LogP contribution >= 0.6 is 11.8 Å². The first-order chi connectivity index (χ1) is 7.38. The van der Waals surface area contributed by atoms with Gasteiger partial charge in [0.05, 0.1) is 5.69 Å². The van der Waals surface area contributed by atoms with E-state index in [1.54, 1.807) is 6.20 Å². The number of pyridine rings is 1. The van der Waals surface area contributed by atoms with E-state index in [1.807, 2.05) is 23.9 Å². The lowest BCUT2D eigenvalue weighted by atomic mass is 10.3. The molecule has 1 heterocycles. The molecule has 0 aliphatic carbocycles. The van der Waals surface area contributed by atoms with Gasteiger partial charge in [-0.25, -0.2) is 4.98 Å². The van der Waals surface area contributed by atoms with Crippen LogP contribution in [0.15, 0.2) is 18.3 Å². The molecule has 3 nitrogen and oxygen atoms in total. The van der Waals surface area contributed by atoms with E-state index in [2.05, 4.69) is 22.6 Å². The minimum absolute atomic E-state index is 0.474. The average molecular weight is 221 g/mol. The van der Waals surface area contributed by atoms with Gasteiger partial charge < -0.3 is 5.32 Å². The summed E-state index contributed by atoms with van der Waals surface area (Å²) >= 11 is 1.86. The van der Waals surface area contributed by atoms with Gasteiger partial charge in [-0.3, -0.25) is 0 Å². The zero-order valence-corrected chi connectivity index (χ0v) is 9.68. The number of nitriles is 1. The number of anilines is 1. The minimum atomic E-state index is 0.474. The number of rotatable bonds is 6. The highest BCUT2D eigenvalue weighted by atomic mass is 32.2. The van der Waals surface area contributed by atoms with E-state index in [0.29, 0.717) is 5.69 Å². The summed E-state index contributed by atoms with van der Waals surface area (Å²) in [7, 11) is 0. The molecule has 0 atom stereocenters. The predicted octanol–water partition coefficient (Wildman–Crippen LogP) is 2.51. The molecule has 0 amide bonds. The Balaban J connectivity index is 2.34. The number of aromatic nitrogens is 1. The largest absolute Gasteiger partial charge is 0.383 e. The number of thioether (sulfide) groups is 1. The second kappa shape index (κ2) is 7.13. The van der Waals surface area contributed by atoms with Crippen LogP contribution in [-0.2, 0) is 0 Å². The van der Waals surface area contributed by atoms with Gasteiger partial charge in [0, 0.05) is 12.7 Å². The number of hydrogen-bond donors (Lipinski definition) is 1. The molecule has 0 unspecified atom stereocenters. The van der Waals surface area contributed by atoms with E-state index in [1.165, 1.54) is 12.2 Å². The molecular weight excluding hydrogens is 206 g/mol. The summed E-state index contributed by atoms with van der Waals surface area (Å²) in [6, 6.07) is 5.80. The lowest BCUT2D eigenvalue weighted by Gasteiger charge is -2.06. The molecule has 0 aliphatic heterocycles. The van der Waals surface area contributed by atoms with Gasteiger partial charge in [0.1, 0.15) is 6.07 Å². The first-order valence-electron chi connectivity index (χ1n) is 4.96. The third-order valence-corrected chi connectivity index (χ3v) is 2.70. The molecular formula is C11H15N3S. The molecule has 0 aromatic carbocycles. The summed E-state index contributed by atoms with van der Waals surface area (Å²) < 4.78 is 0. The summed E-state index contributed by atoms with van der Waals surface area (Å²) in [5.41, 5.74) is 1.31. The molecule has 0 fully saturated rings. The van der Waals surface area contributed by atoms with Crippen molar-refractivity contribution in [2.45, 2.75) is 12.8 Å². The minimum Gasteiger partial charge on any atom is -0.383 e. The maximum Gasteiger partial charge on any atom is 0.163 e. The molecule has 0 spiro atoms. The Morgan fingerprint density at radius 1 is 1.53 bits per heavy atom. The van der Waals surface area contributed by atoms with Crippen LogP contribution in [0, 0.1) is 11.3 Å². The number of nitrogens with zero attached hydrogens (tertiary/aromatic N) is 2. The molecule has 0 saturated heterocycles. The summed E-state index contributed by atoms with van der Waals surface area (Å²) in [5, 5.41) is 12.0. The second-order valence-electron chi connectivity index (χ2n) is 3.14. The van der Waals surface area contributed by atoms with Gasteiger partial charge >= 0.3 is 0 Å². The summed E-state index contributed by atoms with van der Waals surface area (Å²) in [5.74, 6) is 1.19. The lowest BCUT2D eigenvalue weighted by molar-refractivity contribution is 0.842. The predicted molar refractivity (Wildman–Crippen MR) is 65.1 cm³/mol. The molecule has 15 heavy (non-hydrogen) atoms. The number of hydrogen-bond acceptors (Lipinski definition) is 4. The topological polar surface area (TPSA) is 48.7 Å². The maximum atomic E-state index is 8.80. The van der Waals surface area contributed by atoms with Crippen molar-refractivity contribution < 1.29 is 0 Å².